The normalized spacial score (nSPS) is 10.7. The van der Waals surface area contributed by atoms with Crippen LogP contribution in [0.25, 0.3) is 0 Å². The maximum atomic E-state index is 7.31. The Balaban J connectivity index is 1.57. The van der Waals surface area contributed by atoms with Crippen molar-refractivity contribution in [3.8, 4) is 0 Å². The maximum absolute atomic E-state index is 7.31. The molecule has 37 heavy (non-hydrogen) atoms. The molecule has 0 unspecified atom stereocenters. The largest absolute Gasteiger partial charge is 0.311 e. The zero-order valence-corrected chi connectivity index (χ0v) is 21.4. The van der Waals surface area contributed by atoms with Gasteiger partial charge >= 0.3 is 0 Å². The molecule has 0 atom stereocenters. The standard InChI is InChI=1S/C33H30N4/c1-24-4-12-28(13-5-24)36(29-14-6-25(2)7-15-29)32-20-22-33(23-21-32)37(30-16-8-26(3)9-17-30)31-18-10-27(35-34)11-19-31/h4-23,34H,1-3H3. The Labute approximate surface area is 219 Å². The van der Waals surface area contributed by atoms with Crippen LogP contribution in [0.3, 0.4) is 0 Å². The summed E-state index contributed by atoms with van der Waals surface area (Å²) in [5.41, 5.74) is 18.1. The summed E-state index contributed by atoms with van der Waals surface area (Å²) in [6.07, 6.45) is 0. The zero-order valence-electron chi connectivity index (χ0n) is 21.4. The van der Waals surface area contributed by atoms with Gasteiger partial charge in [0.25, 0.3) is 0 Å². The number of benzene rings is 5. The van der Waals surface area contributed by atoms with Gasteiger partial charge in [0, 0.05) is 34.1 Å². The van der Waals surface area contributed by atoms with Gasteiger partial charge in [0.2, 0.25) is 0 Å². The van der Waals surface area contributed by atoms with Gasteiger partial charge in [-0.25, -0.2) is 5.53 Å². The van der Waals surface area contributed by atoms with Crippen molar-refractivity contribution >= 4 is 39.8 Å². The quantitative estimate of drug-likeness (QED) is 0.234. The molecule has 0 aliphatic rings. The van der Waals surface area contributed by atoms with Gasteiger partial charge in [-0.05, 0) is 106 Å². The van der Waals surface area contributed by atoms with Crippen molar-refractivity contribution in [2.45, 2.75) is 20.8 Å². The molecule has 5 aromatic rings. The first-order valence-corrected chi connectivity index (χ1v) is 12.4. The third kappa shape index (κ3) is 5.29. The second-order valence-corrected chi connectivity index (χ2v) is 9.32. The molecule has 1 N–H and O–H groups in total. The molecule has 0 radical (unpaired) electrons. The van der Waals surface area contributed by atoms with E-state index in [4.69, 9.17) is 5.53 Å². The van der Waals surface area contributed by atoms with Crippen LogP contribution < -0.4 is 9.80 Å². The molecular formula is C33H30N4. The Kier molecular flexibility index (Phi) is 6.82. The number of nitrogens with one attached hydrogen (secondary N) is 1. The lowest BCUT2D eigenvalue weighted by Crippen LogP contribution is -2.12. The van der Waals surface area contributed by atoms with E-state index in [1.807, 2.05) is 24.3 Å². The molecule has 0 saturated heterocycles. The number of rotatable bonds is 7. The van der Waals surface area contributed by atoms with E-state index >= 15 is 0 Å². The van der Waals surface area contributed by atoms with Crippen LogP contribution in [0.4, 0.5) is 39.8 Å². The lowest BCUT2D eigenvalue weighted by Gasteiger charge is -2.28. The average molecular weight is 483 g/mol. The Hall–Kier alpha value is -4.70. The van der Waals surface area contributed by atoms with Gasteiger partial charge in [-0.15, -0.1) is 0 Å². The number of nitrogens with zero attached hydrogens (tertiary/aromatic N) is 3. The molecule has 5 rings (SSSR count). The van der Waals surface area contributed by atoms with Gasteiger partial charge < -0.3 is 9.80 Å². The first kappa shape index (κ1) is 24.0. The molecule has 0 bridgehead atoms. The van der Waals surface area contributed by atoms with Crippen molar-refractivity contribution in [2.75, 3.05) is 9.80 Å². The third-order valence-electron chi connectivity index (χ3n) is 6.48. The first-order chi connectivity index (χ1) is 18.0. The SMILES string of the molecule is Cc1ccc(N(c2ccc(C)cc2)c2ccc(N(c3ccc(C)cc3)c3ccc(N=N)cc3)cc2)cc1. The van der Waals surface area contributed by atoms with Crippen LogP contribution >= 0.6 is 0 Å². The van der Waals surface area contributed by atoms with Crippen LogP contribution in [-0.4, -0.2) is 0 Å². The van der Waals surface area contributed by atoms with Gasteiger partial charge in [0.1, 0.15) is 0 Å². The molecule has 0 aromatic heterocycles. The molecule has 0 spiro atoms. The maximum Gasteiger partial charge on any atom is 0.0851 e. The summed E-state index contributed by atoms with van der Waals surface area (Å²) in [7, 11) is 0. The molecule has 4 heteroatoms. The average Bonchev–Trinajstić information content (AvgIpc) is 2.93. The smallest absolute Gasteiger partial charge is 0.0851 e. The van der Waals surface area contributed by atoms with E-state index in [9.17, 15) is 0 Å². The monoisotopic (exact) mass is 482 g/mol. The highest BCUT2D eigenvalue weighted by atomic mass is 15.2. The van der Waals surface area contributed by atoms with E-state index in [0.29, 0.717) is 5.69 Å². The van der Waals surface area contributed by atoms with Gasteiger partial charge in [0.05, 0.1) is 5.69 Å². The topological polar surface area (TPSA) is 42.7 Å². The Morgan fingerprint density at radius 3 is 0.838 bits per heavy atom. The highest BCUT2D eigenvalue weighted by Gasteiger charge is 2.16. The Morgan fingerprint density at radius 1 is 0.378 bits per heavy atom. The van der Waals surface area contributed by atoms with Gasteiger partial charge in [0.15, 0.2) is 0 Å². The summed E-state index contributed by atoms with van der Waals surface area (Å²) >= 11 is 0. The highest BCUT2D eigenvalue weighted by molar-refractivity contribution is 5.81. The number of anilines is 6. The predicted octanol–water partition coefficient (Wildman–Crippen LogP) is 10.2. The summed E-state index contributed by atoms with van der Waals surface area (Å²) in [5, 5.41) is 3.55. The summed E-state index contributed by atoms with van der Waals surface area (Å²) < 4.78 is 0. The number of hydrogen-bond donors (Lipinski definition) is 1. The van der Waals surface area contributed by atoms with Crippen LogP contribution in [0.2, 0.25) is 0 Å². The lowest BCUT2D eigenvalue weighted by molar-refractivity contribution is 1.15. The van der Waals surface area contributed by atoms with Crippen LogP contribution in [-0.2, 0) is 0 Å². The molecule has 0 heterocycles. The minimum absolute atomic E-state index is 0.634. The predicted molar refractivity (Wildman–Crippen MR) is 155 cm³/mol. The molecule has 0 fully saturated rings. The summed E-state index contributed by atoms with van der Waals surface area (Å²) in [5.74, 6) is 0. The molecule has 182 valence electrons. The lowest BCUT2D eigenvalue weighted by atomic mass is 10.1. The van der Waals surface area contributed by atoms with E-state index in [1.165, 1.54) is 16.7 Å². The summed E-state index contributed by atoms with van der Waals surface area (Å²) in [6.45, 7) is 6.32. The van der Waals surface area contributed by atoms with Gasteiger partial charge in [-0.1, -0.05) is 53.1 Å². The Morgan fingerprint density at radius 2 is 0.595 bits per heavy atom. The molecule has 0 amide bonds. The van der Waals surface area contributed by atoms with Gasteiger partial charge in [-0.2, -0.15) is 5.11 Å². The fourth-order valence-corrected chi connectivity index (χ4v) is 4.40. The van der Waals surface area contributed by atoms with Crippen LogP contribution in [0.5, 0.6) is 0 Å². The first-order valence-electron chi connectivity index (χ1n) is 12.4. The van der Waals surface area contributed by atoms with Crippen molar-refractivity contribution in [1.29, 1.82) is 5.53 Å². The van der Waals surface area contributed by atoms with E-state index in [-0.39, 0.29) is 0 Å². The van der Waals surface area contributed by atoms with E-state index in [2.05, 4.69) is 133 Å². The van der Waals surface area contributed by atoms with Crippen molar-refractivity contribution in [2.24, 2.45) is 5.11 Å². The van der Waals surface area contributed by atoms with Crippen molar-refractivity contribution in [1.82, 2.24) is 0 Å². The fourth-order valence-electron chi connectivity index (χ4n) is 4.40. The molecule has 0 aliphatic heterocycles. The Bertz CT molecular complexity index is 1420. The second kappa shape index (κ2) is 10.5. The van der Waals surface area contributed by atoms with Crippen molar-refractivity contribution < 1.29 is 0 Å². The summed E-state index contributed by atoms with van der Waals surface area (Å²) in [6, 6.07) is 42.2. The molecule has 4 nitrogen and oxygen atoms in total. The molecule has 5 aromatic carbocycles. The minimum Gasteiger partial charge on any atom is -0.311 e. The molecule has 0 saturated carbocycles. The fraction of sp³-hybridized carbons (Fsp3) is 0.0909. The number of aryl methyl sites for hydroxylation is 3. The van der Waals surface area contributed by atoms with Gasteiger partial charge in [-0.3, -0.25) is 0 Å². The summed E-state index contributed by atoms with van der Waals surface area (Å²) in [4.78, 5) is 4.50. The van der Waals surface area contributed by atoms with E-state index in [0.717, 1.165) is 34.1 Å². The molecule has 0 aliphatic carbocycles. The highest BCUT2D eigenvalue weighted by Crippen LogP contribution is 2.39. The van der Waals surface area contributed by atoms with E-state index < -0.39 is 0 Å². The van der Waals surface area contributed by atoms with Crippen molar-refractivity contribution in [3.63, 3.8) is 0 Å². The minimum atomic E-state index is 0.634. The van der Waals surface area contributed by atoms with E-state index in [1.54, 1.807) is 0 Å². The van der Waals surface area contributed by atoms with Crippen LogP contribution in [0, 0.1) is 26.3 Å². The van der Waals surface area contributed by atoms with Crippen molar-refractivity contribution in [3.05, 3.63) is 138 Å². The zero-order chi connectivity index (χ0) is 25.8. The second-order valence-electron chi connectivity index (χ2n) is 9.32. The third-order valence-corrected chi connectivity index (χ3v) is 6.48. The van der Waals surface area contributed by atoms with Crippen LogP contribution in [0.1, 0.15) is 16.7 Å². The number of hydrogen-bond acceptors (Lipinski definition) is 4. The molecular weight excluding hydrogens is 452 g/mol. The van der Waals surface area contributed by atoms with Crippen LogP contribution in [0.15, 0.2) is 126 Å².